The molecule has 3 heterocycles. The number of allylic oxidation sites excluding steroid dienone is 1. The number of ketones is 2. The average molecular weight is 351 g/mol. The van der Waals surface area contributed by atoms with Crippen molar-refractivity contribution in [1.82, 2.24) is 14.9 Å². The first-order valence-corrected chi connectivity index (χ1v) is 8.96. The van der Waals surface area contributed by atoms with Crippen molar-refractivity contribution in [2.24, 2.45) is 5.92 Å². The van der Waals surface area contributed by atoms with E-state index in [1.807, 2.05) is 26.1 Å². The molecule has 6 heteroatoms. The number of H-pyrrole nitrogens is 1. The molecule has 0 atom stereocenters. The molecule has 6 nitrogen and oxygen atoms in total. The van der Waals surface area contributed by atoms with Crippen LogP contribution in [0.15, 0.2) is 41.7 Å². The number of pyridine rings is 1. The largest absolute Gasteiger partial charge is 0.436 e. The third kappa shape index (κ3) is 2.62. The molecule has 26 heavy (non-hydrogen) atoms. The number of nitrogens with one attached hydrogen (secondary N) is 1. The minimum Gasteiger partial charge on any atom is -0.436 e. The quantitative estimate of drug-likeness (QED) is 0.662. The summed E-state index contributed by atoms with van der Waals surface area (Å²) in [6.07, 6.45) is 7.93. The molecule has 1 fully saturated rings. The van der Waals surface area contributed by atoms with Crippen LogP contribution in [0.1, 0.15) is 31.7 Å². The van der Waals surface area contributed by atoms with E-state index in [9.17, 15) is 9.59 Å². The number of carbonyl (C=O) groups is 2. The zero-order chi connectivity index (χ0) is 18.3. The maximum Gasteiger partial charge on any atom is 0.237 e. The number of rotatable bonds is 5. The van der Waals surface area contributed by atoms with E-state index in [0.717, 1.165) is 35.9 Å². The van der Waals surface area contributed by atoms with E-state index >= 15 is 0 Å². The summed E-state index contributed by atoms with van der Waals surface area (Å²) < 4.78 is 5.86. The van der Waals surface area contributed by atoms with Crippen molar-refractivity contribution < 1.29 is 14.3 Å². The Kier molecular flexibility index (Phi) is 4.11. The molecule has 2 aromatic heterocycles. The van der Waals surface area contributed by atoms with Crippen LogP contribution in [0.2, 0.25) is 0 Å². The van der Waals surface area contributed by atoms with Gasteiger partial charge < -0.3 is 14.6 Å². The lowest BCUT2D eigenvalue weighted by Crippen LogP contribution is -2.28. The van der Waals surface area contributed by atoms with Crippen molar-refractivity contribution in [2.45, 2.75) is 26.2 Å². The lowest BCUT2D eigenvalue weighted by atomic mass is 9.79. The van der Waals surface area contributed by atoms with Crippen LogP contribution in [0.5, 0.6) is 0 Å². The molecule has 0 aromatic carbocycles. The van der Waals surface area contributed by atoms with Gasteiger partial charge in [0.05, 0.1) is 0 Å². The van der Waals surface area contributed by atoms with Gasteiger partial charge in [-0.1, -0.05) is 6.42 Å². The van der Waals surface area contributed by atoms with Gasteiger partial charge in [0.15, 0.2) is 11.5 Å². The first-order chi connectivity index (χ1) is 12.6. The Hall–Kier alpha value is -2.89. The fourth-order valence-electron chi connectivity index (χ4n) is 3.26. The molecule has 2 aromatic rings. The van der Waals surface area contributed by atoms with E-state index in [1.165, 1.54) is 0 Å². The molecule has 4 rings (SSSR count). The highest BCUT2D eigenvalue weighted by molar-refractivity contribution is 6.29. The topological polar surface area (TPSA) is 75.3 Å². The van der Waals surface area contributed by atoms with Gasteiger partial charge >= 0.3 is 0 Å². The summed E-state index contributed by atoms with van der Waals surface area (Å²) in [6.45, 7) is 2.60. The zero-order valence-electron chi connectivity index (χ0n) is 14.9. The molecule has 0 unspecified atom stereocenters. The SMILES string of the molecule is CCN(C)C1=C(C(=O)C2CCC2)C(=O)/C(=C/c2c[nH]c3ncccc23)O1. The second-order valence-corrected chi connectivity index (χ2v) is 6.77. The maximum absolute atomic E-state index is 13.0. The summed E-state index contributed by atoms with van der Waals surface area (Å²) in [4.78, 5) is 34.9. The van der Waals surface area contributed by atoms with Crippen molar-refractivity contribution in [1.29, 1.82) is 0 Å². The molecule has 0 amide bonds. The number of hydrogen-bond donors (Lipinski definition) is 1. The summed E-state index contributed by atoms with van der Waals surface area (Å²) in [5.41, 5.74) is 1.75. The van der Waals surface area contributed by atoms with Crippen molar-refractivity contribution in [2.75, 3.05) is 13.6 Å². The van der Waals surface area contributed by atoms with Crippen LogP contribution in [0.25, 0.3) is 17.1 Å². The van der Waals surface area contributed by atoms with Gasteiger partial charge in [0.25, 0.3) is 0 Å². The third-order valence-electron chi connectivity index (χ3n) is 5.18. The smallest absolute Gasteiger partial charge is 0.237 e. The minimum atomic E-state index is -0.324. The number of aromatic amines is 1. The van der Waals surface area contributed by atoms with Crippen molar-refractivity contribution in [3.05, 3.63) is 47.3 Å². The Balaban J connectivity index is 1.72. The Bertz CT molecular complexity index is 950. The highest BCUT2D eigenvalue weighted by Gasteiger charge is 2.41. The summed E-state index contributed by atoms with van der Waals surface area (Å²) in [5.74, 6) is 0.108. The Labute approximate surface area is 151 Å². The fourth-order valence-corrected chi connectivity index (χ4v) is 3.26. The maximum atomic E-state index is 13.0. The van der Waals surface area contributed by atoms with E-state index in [1.54, 1.807) is 23.4 Å². The van der Waals surface area contributed by atoms with Crippen LogP contribution in [-0.2, 0) is 14.3 Å². The van der Waals surface area contributed by atoms with Crippen molar-refractivity contribution in [3.8, 4) is 0 Å². The van der Waals surface area contributed by atoms with E-state index in [2.05, 4.69) is 9.97 Å². The van der Waals surface area contributed by atoms with E-state index in [4.69, 9.17) is 4.74 Å². The lowest BCUT2D eigenvalue weighted by molar-refractivity contribution is -0.124. The number of fused-ring (bicyclic) bond motifs is 1. The average Bonchev–Trinajstić information content (AvgIpc) is 3.15. The van der Waals surface area contributed by atoms with Crippen LogP contribution in [0.3, 0.4) is 0 Å². The lowest BCUT2D eigenvalue weighted by Gasteiger charge is -2.24. The molecule has 0 saturated heterocycles. The number of nitrogens with zero attached hydrogens (tertiary/aromatic N) is 2. The van der Waals surface area contributed by atoms with Gasteiger partial charge in [-0.15, -0.1) is 0 Å². The Morgan fingerprint density at radius 1 is 1.46 bits per heavy atom. The van der Waals surface area contributed by atoms with E-state index in [0.29, 0.717) is 12.4 Å². The van der Waals surface area contributed by atoms with E-state index < -0.39 is 0 Å². The highest BCUT2D eigenvalue weighted by atomic mass is 16.5. The first-order valence-electron chi connectivity index (χ1n) is 8.96. The van der Waals surface area contributed by atoms with E-state index in [-0.39, 0.29) is 28.8 Å². The summed E-state index contributed by atoms with van der Waals surface area (Å²) in [7, 11) is 1.83. The van der Waals surface area contributed by atoms with Gasteiger partial charge in [0.2, 0.25) is 11.7 Å². The summed E-state index contributed by atoms with van der Waals surface area (Å²) >= 11 is 0. The van der Waals surface area contributed by atoms with Gasteiger partial charge in [-0.25, -0.2) is 4.98 Å². The fraction of sp³-hybridized carbons (Fsp3) is 0.350. The molecule has 0 radical (unpaired) electrons. The monoisotopic (exact) mass is 351 g/mol. The molecule has 0 bridgehead atoms. The van der Waals surface area contributed by atoms with Gasteiger partial charge in [-0.3, -0.25) is 9.59 Å². The molecule has 1 saturated carbocycles. The molecular weight excluding hydrogens is 330 g/mol. The van der Waals surface area contributed by atoms with Gasteiger partial charge in [0, 0.05) is 42.9 Å². The zero-order valence-corrected chi connectivity index (χ0v) is 14.9. The van der Waals surface area contributed by atoms with Gasteiger partial charge in [-0.2, -0.15) is 0 Å². The Morgan fingerprint density at radius 3 is 2.96 bits per heavy atom. The summed E-state index contributed by atoms with van der Waals surface area (Å²) in [5, 5.41) is 0.903. The van der Waals surface area contributed by atoms with Crippen LogP contribution < -0.4 is 0 Å². The number of aromatic nitrogens is 2. The molecule has 1 aliphatic carbocycles. The van der Waals surface area contributed by atoms with Gasteiger partial charge in [0.1, 0.15) is 11.2 Å². The Morgan fingerprint density at radius 2 is 2.27 bits per heavy atom. The third-order valence-corrected chi connectivity index (χ3v) is 5.18. The molecular formula is C20H21N3O3. The van der Waals surface area contributed by atoms with Crippen LogP contribution in [0, 0.1) is 5.92 Å². The molecule has 2 aliphatic rings. The minimum absolute atomic E-state index is 0.0468. The van der Waals surface area contributed by atoms with Crippen molar-refractivity contribution in [3.63, 3.8) is 0 Å². The predicted molar refractivity (Wildman–Crippen MR) is 97.8 cm³/mol. The molecule has 0 spiro atoms. The first kappa shape index (κ1) is 16.6. The van der Waals surface area contributed by atoms with Crippen molar-refractivity contribution >= 4 is 28.7 Å². The van der Waals surface area contributed by atoms with Crippen LogP contribution in [-0.4, -0.2) is 40.0 Å². The number of hydrogen-bond acceptors (Lipinski definition) is 5. The molecule has 1 N–H and O–H groups in total. The highest BCUT2D eigenvalue weighted by Crippen LogP contribution is 2.36. The second-order valence-electron chi connectivity index (χ2n) is 6.77. The van der Waals surface area contributed by atoms with Gasteiger partial charge in [-0.05, 0) is 38.0 Å². The normalized spacial score (nSPS) is 19.2. The second kappa shape index (κ2) is 6.44. The molecule has 1 aliphatic heterocycles. The number of Topliss-reactive ketones (excluding diaryl/α,β-unsaturated/α-hetero) is 2. The standard InChI is InChI=1S/C20H21N3O3/c1-3-23(2)20-16(17(24)12-6-4-7-12)18(25)15(26-20)10-13-11-22-19-14(13)8-5-9-21-19/h5,8-12H,3-4,6-7H2,1-2H3,(H,21,22)/b15-10-. The van der Waals surface area contributed by atoms with Crippen LogP contribution >= 0.6 is 0 Å². The summed E-state index contributed by atoms with van der Waals surface area (Å²) in [6, 6.07) is 3.77. The molecule has 134 valence electrons. The predicted octanol–water partition coefficient (Wildman–Crippen LogP) is 3.04. The number of ether oxygens (including phenoxy) is 1. The van der Waals surface area contributed by atoms with Crippen LogP contribution in [0.4, 0.5) is 0 Å². The number of carbonyl (C=O) groups excluding carboxylic acids is 2.